The van der Waals surface area contributed by atoms with Crippen LogP contribution in [0.25, 0.3) is 33.9 Å². The Hall–Kier alpha value is -5.97. The van der Waals surface area contributed by atoms with Gasteiger partial charge in [0.2, 0.25) is 0 Å². The van der Waals surface area contributed by atoms with E-state index in [1.54, 1.807) is 0 Å². The minimum atomic E-state index is 0.815. The molecule has 0 N–H and O–H groups in total. The first-order valence-electron chi connectivity index (χ1n) is 29.1. The van der Waals surface area contributed by atoms with Gasteiger partial charge in [-0.2, -0.15) is 0 Å². The summed E-state index contributed by atoms with van der Waals surface area (Å²) in [6.45, 7) is 4.59. The molecule has 0 aliphatic carbocycles. The molecule has 0 saturated carbocycles. The van der Waals surface area contributed by atoms with E-state index in [9.17, 15) is 0 Å². The first-order valence-corrected chi connectivity index (χ1v) is 29.1. The summed E-state index contributed by atoms with van der Waals surface area (Å²) in [5.74, 6) is 13.9. The van der Waals surface area contributed by atoms with Crippen LogP contribution in [0.4, 0.5) is 17.1 Å². The van der Waals surface area contributed by atoms with E-state index in [4.69, 9.17) is 4.98 Å². The average Bonchev–Trinajstić information content (AvgIpc) is 3.44. The van der Waals surface area contributed by atoms with Gasteiger partial charge in [0.1, 0.15) is 0 Å². The van der Waals surface area contributed by atoms with Crippen LogP contribution in [-0.4, -0.2) is 15.0 Å². The number of anilines is 3. The van der Waals surface area contributed by atoms with Crippen molar-refractivity contribution in [2.75, 3.05) is 4.90 Å². The molecular formula is C69H88N4. The van der Waals surface area contributed by atoms with E-state index in [1.165, 1.54) is 180 Å². The molecule has 0 unspecified atom stereocenters. The molecule has 3 aromatic carbocycles. The highest BCUT2D eigenvalue weighted by molar-refractivity contribution is 5.80. The van der Waals surface area contributed by atoms with E-state index in [0.717, 1.165) is 74.9 Å². The predicted octanol–water partition coefficient (Wildman–Crippen LogP) is 20.8. The van der Waals surface area contributed by atoms with Crippen molar-refractivity contribution in [3.63, 3.8) is 0 Å². The molecule has 0 bridgehead atoms. The highest BCUT2D eigenvalue weighted by Crippen LogP contribution is 2.37. The van der Waals surface area contributed by atoms with Crippen molar-refractivity contribution in [2.24, 2.45) is 0 Å². The van der Waals surface area contributed by atoms with Crippen molar-refractivity contribution in [3.8, 4) is 57.6 Å². The fourth-order valence-electron chi connectivity index (χ4n) is 9.77. The van der Waals surface area contributed by atoms with Gasteiger partial charge in [0, 0.05) is 53.4 Å². The van der Waals surface area contributed by atoms with Gasteiger partial charge in [-0.3, -0.25) is 9.97 Å². The van der Waals surface area contributed by atoms with E-state index >= 15 is 0 Å². The number of benzene rings is 3. The number of hydrogen-bond donors (Lipinski definition) is 0. The van der Waals surface area contributed by atoms with Crippen LogP contribution in [0.3, 0.4) is 0 Å². The van der Waals surface area contributed by atoms with Crippen LogP contribution >= 0.6 is 0 Å². The van der Waals surface area contributed by atoms with E-state index in [-0.39, 0.29) is 0 Å². The second-order valence-corrected chi connectivity index (χ2v) is 20.3. The molecule has 0 fully saturated rings. The summed E-state index contributed by atoms with van der Waals surface area (Å²) in [4.78, 5) is 16.6. The van der Waals surface area contributed by atoms with E-state index in [1.807, 2.05) is 48.8 Å². The number of pyridine rings is 3. The van der Waals surface area contributed by atoms with Gasteiger partial charge >= 0.3 is 0 Å². The van der Waals surface area contributed by atoms with Gasteiger partial charge in [-0.1, -0.05) is 229 Å². The van der Waals surface area contributed by atoms with Gasteiger partial charge in [0.15, 0.2) is 0 Å². The van der Waals surface area contributed by atoms with Crippen molar-refractivity contribution < 1.29 is 0 Å². The zero-order chi connectivity index (χ0) is 50.6. The van der Waals surface area contributed by atoms with Crippen LogP contribution in [0.15, 0.2) is 134 Å². The highest BCUT2D eigenvalue weighted by atomic mass is 15.1. The second-order valence-electron chi connectivity index (χ2n) is 20.3. The molecule has 3 heterocycles. The maximum absolute atomic E-state index is 5.00. The van der Waals surface area contributed by atoms with Gasteiger partial charge < -0.3 is 4.90 Å². The quantitative estimate of drug-likeness (QED) is 0.0298. The molecule has 3 aromatic heterocycles. The van der Waals surface area contributed by atoms with Gasteiger partial charge in [-0.25, -0.2) is 4.98 Å². The Morgan fingerprint density at radius 2 is 0.658 bits per heavy atom. The van der Waals surface area contributed by atoms with Crippen LogP contribution in [0.5, 0.6) is 0 Å². The molecule has 0 radical (unpaired) electrons. The Balaban J connectivity index is 1.05. The summed E-state index contributed by atoms with van der Waals surface area (Å²) < 4.78 is 0. The zero-order valence-electron chi connectivity index (χ0n) is 45.2. The maximum atomic E-state index is 5.00. The molecule has 0 saturated heterocycles. The lowest BCUT2D eigenvalue weighted by molar-refractivity contribution is 0.536. The summed E-state index contributed by atoms with van der Waals surface area (Å²) in [6, 6.07) is 42.5. The van der Waals surface area contributed by atoms with Crippen molar-refractivity contribution in [1.29, 1.82) is 0 Å². The van der Waals surface area contributed by atoms with Crippen LogP contribution in [-0.2, 0) is 0 Å². The Labute approximate surface area is 443 Å². The first-order chi connectivity index (χ1) is 36.2. The van der Waals surface area contributed by atoms with E-state index in [2.05, 4.69) is 137 Å². The molecule has 384 valence electrons. The fraction of sp³-hybridized carbons (Fsp3) is 0.464. The zero-order valence-corrected chi connectivity index (χ0v) is 45.2. The van der Waals surface area contributed by atoms with Crippen LogP contribution in [0.1, 0.15) is 218 Å². The number of nitrogens with zero attached hydrogens (tertiary/aromatic N) is 4. The van der Waals surface area contributed by atoms with Crippen LogP contribution in [0, 0.1) is 23.7 Å². The van der Waals surface area contributed by atoms with Crippen molar-refractivity contribution >= 4 is 17.1 Å². The smallest absolute Gasteiger partial charge is 0.0900 e. The first kappa shape index (κ1) is 56.3. The highest BCUT2D eigenvalue weighted by Gasteiger charge is 2.15. The predicted molar refractivity (Wildman–Crippen MR) is 314 cm³/mol. The topological polar surface area (TPSA) is 41.9 Å². The van der Waals surface area contributed by atoms with Gasteiger partial charge in [-0.05, 0) is 121 Å². The van der Waals surface area contributed by atoms with E-state index in [0.29, 0.717) is 0 Å². The minimum absolute atomic E-state index is 0.815. The molecule has 6 rings (SSSR count). The monoisotopic (exact) mass is 973 g/mol. The maximum Gasteiger partial charge on any atom is 0.0900 e. The third-order valence-corrected chi connectivity index (χ3v) is 14.2. The van der Waals surface area contributed by atoms with E-state index < -0.39 is 0 Å². The Kier molecular flexibility index (Phi) is 27.2. The third kappa shape index (κ3) is 21.6. The van der Waals surface area contributed by atoms with Gasteiger partial charge in [-0.15, -0.1) is 0 Å². The molecule has 4 heteroatoms. The number of unbranched alkanes of at least 4 members (excludes halogenated alkanes) is 28. The van der Waals surface area contributed by atoms with Crippen molar-refractivity contribution in [2.45, 2.75) is 206 Å². The lowest BCUT2D eigenvalue weighted by atomic mass is 10.0. The lowest BCUT2D eigenvalue weighted by Crippen LogP contribution is -2.09. The van der Waals surface area contributed by atoms with Crippen molar-refractivity contribution in [1.82, 2.24) is 15.0 Å². The second kappa shape index (κ2) is 35.2. The largest absolute Gasteiger partial charge is 0.311 e. The number of aromatic nitrogens is 3. The Morgan fingerprint density at radius 3 is 0.986 bits per heavy atom. The summed E-state index contributed by atoms with van der Waals surface area (Å²) in [7, 11) is 0. The number of rotatable bonds is 34. The molecule has 0 aliphatic heterocycles. The third-order valence-electron chi connectivity index (χ3n) is 14.2. The Bertz CT molecular complexity index is 2340. The molecule has 0 aliphatic rings. The molecule has 4 nitrogen and oxygen atoms in total. The van der Waals surface area contributed by atoms with Crippen LogP contribution < -0.4 is 4.90 Å². The molecule has 0 spiro atoms. The van der Waals surface area contributed by atoms with Gasteiger partial charge in [0.25, 0.3) is 0 Å². The van der Waals surface area contributed by atoms with Crippen LogP contribution in [0.2, 0.25) is 0 Å². The molecule has 6 aromatic rings. The fourth-order valence-corrected chi connectivity index (χ4v) is 9.77. The lowest BCUT2D eigenvalue weighted by Gasteiger charge is -2.26. The summed E-state index contributed by atoms with van der Waals surface area (Å²) in [5, 5.41) is 0. The standard InChI is InChI=1S/C69H88N4/c1-3-5-7-9-11-13-15-17-19-21-23-25-27-29-31-33-39-59-43-49-63(50-44-59)73(64-51-45-60(46-52-64)40-34-32-30-28-26-24-22-20-18-16-14-12-10-8-6-4-2)65-53-47-61(48-54-65)62-57-68(66-41-35-37-55-70-66)72-69(58-62)67-42-36-38-56-71-67/h35-38,41-58H,3-32H2,1-2H3. The minimum Gasteiger partial charge on any atom is -0.311 e. The molecule has 0 atom stereocenters. The van der Waals surface area contributed by atoms with Gasteiger partial charge in [0.05, 0.1) is 22.8 Å². The summed E-state index contributed by atoms with van der Waals surface area (Å²) in [5.41, 5.74) is 10.8. The number of hydrogen-bond acceptors (Lipinski definition) is 4. The summed E-state index contributed by atoms with van der Waals surface area (Å²) in [6.07, 6.45) is 44.0. The molecule has 73 heavy (non-hydrogen) atoms. The SMILES string of the molecule is CCCCCCCCCCCCCCCCC#Cc1ccc(N(c2ccc(C#CCCCCCCCCCCCCCCCC)cc2)c2ccc(-c3cc(-c4ccccn4)nc(-c4ccccn4)c3)cc2)cc1. The normalized spacial score (nSPS) is 10.9. The Morgan fingerprint density at radius 1 is 0.329 bits per heavy atom. The van der Waals surface area contributed by atoms with Crippen molar-refractivity contribution in [3.05, 3.63) is 145 Å². The summed E-state index contributed by atoms with van der Waals surface area (Å²) >= 11 is 0. The average molecular weight is 973 g/mol. The molecule has 0 amide bonds. The molecular weight excluding hydrogens is 885 g/mol.